The Hall–Kier alpha value is -2.67. The van der Waals surface area contributed by atoms with Crippen molar-refractivity contribution in [3.63, 3.8) is 0 Å². The maximum absolute atomic E-state index is 12.0. The first-order valence-corrected chi connectivity index (χ1v) is 5.71. The van der Waals surface area contributed by atoms with Crippen molar-refractivity contribution >= 4 is 17.0 Å². The lowest BCUT2D eigenvalue weighted by molar-refractivity contribution is 0.984. The third-order valence-corrected chi connectivity index (χ3v) is 2.91. The molecule has 0 unspecified atom stereocenters. The number of nitrogens with zero attached hydrogens (tertiary/aromatic N) is 3. The van der Waals surface area contributed by atoms with Crippen molar-refractivity contribution in [1.82, 2.24) is 19.5 Å². The highest BCUT2D eigenvalue weighted by Crippen LogP contribution is 2.17. The van der Waals surface area contributed by atoms with Gasteiger partial charge in [0.15, 0.2) is 11.5 Å². The van der Waals surface area contributed by atoms with Crippen LogP contribution in [0.25, 0.3) is 16.9 Å². The second kappa shape index (κ2) is 4.21. The van der Waals surface area contributed by atoms with Gasteiger partial charge in [-0.1, -0.05) is 12.1 Å². The Labute approximate surface area is 107 Å². The molecular formula is C12H12N6O. The highest BCUT2D eigenvalue weighted by atomic mass is 16.1. The van der Waals surface area contributed by atoms with E-state index >= 15 is 0 Å². The molecule has 0 fully saturated rings. The molecule has 3 rings (SSSR count). The van der Waals surface area contributed by atoms with E-state index in [9.17, 15) is 4.79 Å². The van der Waals surface area contributed by atoms with Crippen molar-refractivity contribution in [2.45, 2.75) is 6.54 Å². The smallest absolute Gasteiger partial charge is 0.332 e. The molecule has 0 aliphatic rings. The fourth-order valence-electron chi connectivity index (χ4n) is 2.00. The van der Waals surface area contributed by atoms with Crippen LogP contribution in [-0.4, -0.2) is 19.5 Å². The Morgan fingerprint density at radius 2 is 2.16 bits per heavy atom. The fraction of sp³-hybridized carbons (Fsp3) is 0.0833. The van der Waals surface area contributed by atoms with Gasteiger partial charge in [-0.05, 0) is 17.7 Å². The molecule has 96 valence electrons. The molecule has 0 saturated carbocycles. The number of hydrogen-bond donors (Lipinski definition) is 3. The van der Waals surface area contributed by atoms with Gasteiger partial charge in [-0.2, -0.15) is 0 Å². The summed E-state index contributed by atoms with van der Waals surface area (Å²) in [5.74, 6) is 0.246. The number of nitrogens with two attached hydrogens (primary N) is 2. The van der Waals surface area contributed by atoms with Crippen molar-refractivity contribution in [1.29, 1.82) is 0 Å². The van der Waals surface area contributed by atoms with Gasteiger partial charge >= 0.3 is 5.69 Å². The normalized spacial score (nSPS) is 11.0. The molecule has 0 bridgehead atoms. The van der Waals surface area contributed by atoms with Crippen LogP contribution in [0.2, 0.25) is 0 Å². The summed E-state index contributed by atoms with van der Waals surface area (Å²) in [5, 5.41) is 0. The van der Waals surface area contributed by atoms with Crippen molar-refractivity contribution < 1.29 is 0 Å². The van der Waals surface area contributed by atoms with Crippen molar-refractivity contribution in [3.8, 4) is 5.69 Å². The van der Waals surface area contributed by atoms with Gasteiger partial charge in [-0.3, -0.25) is 0 Å². The van der Waals surface area contributed by atoms with E-state index in [0.29, 0.717) is 23.4 Å². The Morgan fingerprint density at radius 1 is 1.32 bits per heavy atom. The second-order valence-corrected chi connectivity index (χ2v) is 4.10. The molecule has 7 nitrogen and oxygen atoms in total. The van der Waals surface area contributed by atoms with E-state index in [2.05, 4.69) is 15.0 Å². The first-order valence-electron chi connectivity index (χ1n) is 5.71. The fourth-order valence-corrected chi connectivity index (χ4v) is 2.00. The molecule has 0 spiro atoms. The highest BCUT2D eigenvalue weighted by molar-refractivity contribution is 5.82. The zero-order valence-electron chi connectivity index (χ0n) is 10.00. The summed E-state index contributed by atoms with van der Waals surface area (Å²) < 4.78 is 1.45. The monoisotopic (exact) mass is 256 g/mol. The van der Waals surface area contributed by atoms with E-state index in [4.69, 9.17) is 11.5 Å². The number of hydrogen-bond acceptors (Lipinski definition) is 5. The first-order chi connectivity index (χ1) is 9.20. The molecule has 0 amide bonds. The second-order valence-electron chi connectivity index (χ2n) is 4.10. The third-order valence-electron chi connectivity index (χ3n) is 2.91. The molecule has 3 aromatic rings. The van der Waals surface area contributed by atoms with Gasteiger partial charge in [-0.25, -0.2) is 19.3 Å². The SMILES string of the molecule is NCc1cccc(-n2c(=O)[nH]c3c(N)ncnc32)c1. The van der Waals surface area contributed by atoms with Crippen LogP contribution in [0.15, 0.2) is 35.4 Å². The topological polar surface area (TPSA) is 116 Å². The molecular weight excluding hydrogens is 244 g/mol. The molecule has 0 aliphatic carbocycles. The van der Waals surface area contributed by atoms with E-state index in [1.807, 2.05) is 24.3 Å². The molecule has 2 aromatic heterocycles. The number of benzene rings is 1. The number of aromatic amines is 1. The molecule has 7 heteroatoms. The average molecular weight is 256 g/mol. The van der Waals surface area contributed by atoms with Crippen molar-refractivity contribution in [2.24, 2.45) is 5.73 Å². The van der Waals surface area contributed by atoms with Crippen LogP contribution in [0.1, 0.15) is 5.56 Å². The van der Waals surface area contributed by atoms with E-state index in [-0.39, 0.29) is 11.5 Å². The maximum atomic E-state index is 12.0. The standard InChI is InChI=1S/C12H12N6O/c13-5-7-2-1-3-8(4-7)18-11-9(17-12(18)19)10(14)15-6-16-11/h1-4,6H,5,13H2,(H,17,19)(H2,14,15,16). The van der Waals surface area contributed by atoms with Crippen LogP contribution in [0.3, 0.4) is 0 Å². The quantitative estimate of drug-likeness (QED) is 0.603. The molecule has 1 aromatic carbocycles. The van der Waals surface area contributed by atoms with Crippen LogP contribution in [-0.2, 0) is 6.54 Å². The summed E-state index contributed by atoms with van der Waals surface area (Å²) in [7, 11) is 0. The Balaban J connectivity index is 2.33. The predicted molar refractivity (Wildman–Crippen MR) is 71.8 cm³/mol. The summed E-state index contributed by atoms with van der Waals surface area (Å²) in [6.45, 7) is 0.405. The molecule has 2 heterocycles. The molecule has 5 N–H and O–H groups in total. The van der Waals surface area contributed by atoms with Gasteiger partial charge in [-0.15, -0.1) is 0 Å². The highest BCUT2D eigenvalue weighted by Gasteiger charge is 2.12. The maximum Gasteiger partial charge on any atom is 0.332 e. The lowest BCUT2D eigenvalue weighted by Gasteiger charge is -2.04. The molecule has 0 radical (unpaired) electrons. The first kappa shape index (κ1) is 11.4. The van der Waals surface area contributed by atoms with E-state index in [1.54, 1.807) is 0 Å². The summed E-state index contributed by atoms with van der Waals surface area (Å²) in [6.07, 6.45) is 1.33. The van der Waals surface area contributed by atoms with Crippen LogP contribution in [0, 0.1) is 0 Å². The van der Waals surface area contributed by atoms with Crippen LogP contribution in [0.5, 0.6) is 0 Å². The zero-order chi connectivity index (χ0) is 13.4. The largest absolute Gasteiger partial charge is 0.382 e. The Bertz CT molecular complexity index is 803. The van der Waals surface area contributed by atoms with Crippen LogP contribution < -0.4 is 17.2 Å². The molecule has 0 saturated heterocycles. The predicted octanol–water partition coefficient (Wildman–Crippen LogP) is 0.150. The van der Waals surface area contributed by atoms with E-state index < -0.39 is 0 Å². The van der Waals surface area contributed by atoms with Gasteiger partial charge in [0, 0.05) is 6.54 Å². The average Bonchev–Trinajstić information content (AvgIpc) is 2.77. The van der Waals surface area contributed by atoms with Gasteiger partial charge < -0.3 is 16.5 Å². The molecule has 0 atom stereocenters. The molecule has 19 heavy (non-hydrogen) atoms. The lowest BCUT2D eigenvalue weighted by Crippen LogP contribution is -2.15. The van der Waals surface area contributed by atoms with Gasteiger partial charge in [0.2, 0.25) is 0 Å². The molecule has 0 aliphatic heterocycles. The number of fused-ring (bicyclic) bond motifs is 1. The minimum absolute atomic E-state index is 0.246. The van der Waals surface area contributed by atoms with Gasteiger partial charge in [0.05, 0.1) is 5.69 Å². The summed E-state index contributed by atoms with van der Waals surface area (Å²) >= 11 is 0. The minimum atomic E-state index is -0.309. The minimum Gasteiger partial charge on any atom is -0.382 e. The lowest BCUT2D eigenvalue weighted by atomic mass is 10.2. The number of nitrogen functional groups attached to an aromatic ring is 1. The van der Waals surface area contributed by atoms with E-state index in [0.717, 1.165) is 5.56 Å². The van der Waals surface area contributed by atoms with Gasteiger partial charge in [0.25, 0.3) is 0 Å². The third kappa shape index (κ3) is 1.76. The zero-order valence-corrected chi connectivity index (χ0v) is 10.00. The summed E-state index contributed by atoms with van der Waals surface area (Å²) in [5.41, 5.74) is 13.5. The number of rotatable bonds is 2. The number of nitrogens with one attached hydrogen (secondary N) is 1. The van der Waals surface area contributed by atoms with Crippen LogP contribution in [0.4, 0.5) is 5.82 Å². The van der Waals surface area contributed by atoms with Gasteiger partial charge in [0.1, 0.15) is 11.8 Å². The number of H-pyrrole nitrogens is 1. The number of aromatic nitrogens is 4. The Kier molecular flexibility index (Phi) is 2.53. The Morgan fingerprint density at radius 3 is 2.95 bits per heavy atom. The summed E-state index contributed by atoms with van der Waals surface area (Å²) in [4.78, 5) is 22.7. The van der Waals surface area contributed by atoms with Crippen LogP contribution >= 0.6 is 0 Å². The van der Waals surface area contributed by atoms with E-state index in [1.165, 1.54) is 10.9 Å². The van der Waals surface area contributed by atoms with Crippen molar-refractivity contribution in [3.05, 3.63) is 46.6 Å². The van der Waals surface area contributed by atoms with Crippen molar-refractivity contribution in [2.75, 3.05) is 5.73 Å². The number of anilines is 1. The number of imidazole rings is 1. The summed E-state index contributed by atoms with van der Waals surface area (Å²) in [6, 6.07) is 7.39.